The Morgan fingerprint density at radius 3 is 2.19 bits per heavy atom. The van der Waals surface area contributed by atoms with Crippen molar-refractivity contribution < 1.29 is 19.5 Å². The van der Waals surface area contributed by atoms with Gasteiger partial charge >= 0.3 is 5.97 Å². The maximum Gasteiger partial charge on any atom is 0.305 e. The van der Waals surface area contributed by atoms with Gasteiger partial charge < -0.3 is 14.9 Å². The van der Waals surface area contributed by atoms with Crippen molar-refractivity contribution >= 4 is 17.8 Å². The zero-order chi connectivity index (χ0) is 18.5. The highest BCUT2D eigenvalue weighted by molar-refractivity contribution is 5.99. The summed E-state index contributed by atoms with van der Waals surface area (Å²) in [7, 11) is 0. The molecule has 6 nitrogen and oxygen atoms in total. The van der Waals surface area contributed by atoms with E-state index in [2.05, 4.69) is 0 Å². The lowest BCUT2D eigenvalue weighted by atomic mass is 10.0. The second-order valence-electron chi connectivity index (χ2n) is 6.22. The van der Waals surface area contributed by atoms with Gasteiger partial charge in [0.25, 0.3) is 5.91 Å². The monoisotopic (exact) mass is 352 g/mol. The minimum Gasteiger partial charge on any atom is -0.481 e. The average molecular weight is 352 g/mol. The Morgan fingerprint density at radius 2 is 1.58 bits per heavy atom. The van der Waals surface area contributed by atoms with E-state index in [9.17, 15) is 19.5 Å². The molecule has 2 aromatic carbocycles. The molecule has 1 unspecified atom stereocenters. The Hall–Kier alpha value is -3.15. The summed E-state index contributed by atoms with van der Waals surface area (Å²) in [6.07, 6.45) is -0.400. The number of aliphatic carboxylic acids is 1. The molecule has 0 radical (unpaired) electrons. The predicted octanol–water partition coefficient (Wildman–Crippen LogP) is 2.01. The smallest absolute Gasteiger partial charge is 0.305 e. The Morgan fingerprint density at radius 1 is 0.962 bits per heavy atom. The molecule has 2 aromatic rings. The van der Waals surface area contributed by atoms with Crippen LogP contribution in [0.5, 0.6) is 0 Å². The highest BCUT2D eigenvalue weighted by Crippen LogP contribution is 2.20. The van der Waals surface area contributed by atoms with Crippen LogP contribution in [-0.2, 0) is 16.1 Å². The molecule has 0 saturated carbocycles. The van der Waals surface area contributed by atoms with Crippen molar-refractivity contribution in [1.29, 1.82) is 0 Å². The summed E-state index contributed by atoms with van der Waals surface area (Å²) in [4.78, 5) is 39.9. The van der Waals surface area contributed by atoms with Gasteiger partial charge in [0.05, 0.1) is 6.42 Å². The van der Waals surface area contributed by atoms with Crippen LogP contribution >= 0.6 is 0 Å². The fourth-order valence-corrected chi connectivity index (χ4v) is 3.15. The third-order valence-electron chi connectivity index (χ3n) is 4.45. The number of carbonyl (C=O) groups is 3. The summed E-state index contributed by atoms with van der Waals surface area (Å²) in [5.41, 5.74) is 1.42. The Balaban J connectivity index is 1.81. The fraction of sp³-hybridized carbons (Fsp3) is 0.250. The first kappa shape index (κ1) is 17.7. The molecule has 134 valence electrons. The van der Waals surface area contributed by atoms with Crippen LogP contribution in [0.3, 0.4) is 0 Å². The summed E-state index contributed by atoms with van der Waals surface area (Å²) < 4.78 is 0. The van der Waals surface area contributed by atoms with Crippen molar-refractivity contribution in [2.75, 3.05) is 13.1 Å². The highest BCUT2D eigenvalue weighted by Gasteiger charge is 2.38. The number of carbonyl (C=O) groups excluding carboxylic acids is 2. The molecule has 0 aromatic heterocycles. The molecular weight excluding hydrogens is 332 g/mol. The molecule has 3 rings (SSSR count). The normalized spacial score (nSPS) is 17.2. The highest BCUT2D eigenvalue weighted by atomic mass is 16.4. The van der Waals surface area contributed by atoms with Gasteiger partial charge in [0.2, 0.25) is 5.91 Å². The standard InChI is InChI=1S/C20H20N2O4/c23-18(24)13-17-20(26)21(14-15-7-3-1-4-8-15)11-12-22(17)19(25)16-9-5-2-6-10-16/h1-10,17H,11-14H2,(H,23,24). The zero-order valence-electron chi connectivity index (χ0n) is 14.2. The first-order valence-corrected chi connectivity index (χ1v) is 8.47. The molecule has 2 amide bonds. The number of hydrogen-bond donors (Lipinski definition) is 1. The third-order valence-corrected chi connectivity index (χ3v) is 4.45. The Kier molecular flexibility index (Phi) is 5.31. The van der Waals surface area contributed by atoms with E-state index in [1.54, 1.807) is 35.2 Å². The van der Waals surface area contributed by atoms with Gasteiger partial charge in [-0.2, -0.15) is 0 Å². The van der Waals surface area contributed by atoms with E-state index in [1.165, 1.54) is 4.90 Å². The van der Waals surface area contributed by atoms with E-state index in [0.29, 0.717) is 25.2 Å². The first-order valence-electron chi connectivity index (χ1n) is 8.47. The van der Waals surface area contributed by atoms with E-state index in [4.69, 9.17) is 0 Å². The van der Waals surface area contributed by atoms with E-state index in [-0.39, 0.29) is 11.8 Å². The molecule has 1 fully saturated rings. The number of carboxylic acid groups (broad SMARTS) is 1. The second kappa shape index (κ2) is 7.82. The van der Waals surface area contributed by atoms with E-state index < -0.39 is 18.4 Å². The van der Waals surface area contributed by atoms with Gasteiger partial charge in [-0.15, -0.1) is 0 Å². The van der Waals surface area contributed by atoms with Gasteiger partial charge in [0.1, 0.15) is 6.04 Å². The van der Waals surface area contributed by atoms with Crippen LogP contribution in [0.2, 0.25) is 0 Å². The van der Waals surface area contributed by atoms with Crippen molar-refractivity contribution in [2.24, 2.45) is 0 Å². The molecule has 0 bridgehead atoms. The molecule has 1 saturated heterocycles. The number of carboxylic acids is 1. The molecule has 1 N–H and O–H groups in total. The first-order chi connectivity index (χ1) is 12.6. The zero-order valence-corrected chi connectivity index (χ0v) is 14.2. The average Bonchev–Trinajstić information content (AvgIpc) is 2.66. The van der Waals surface area contributed by atoms with Crippen LogP contribution in [0, 0.1) is 0 Å². The number of benzene rings is 2. The van der Waals surface area contributed by atoms with Crippen molar-refractivity contribution in [1.82, 2.24) is 9.80 Å². The van der Waals surface area contributed by atoms with Crippen LogP contribution in [-0.4, -0.2) is 51.8 Å². The molecule has 0 spiro atoms. The van der Waals surface area contributed by atoms with Crippen LogP contribution < -0.4 is 0 Å². The lowest BCUT2D eigenvalue weighted by Gasteiger charge is -2.40. The molecule has 1 aliphatic heterocycles. The number of amides is 2. The number of hydrogen-bond acceptors (Lipinski definition) is 3. The predicted molar refractivity (Wildman–Crippen MR) is 95.4 cm³/mol. The number of piperazine rings is 1. The Bertz CT molecular complexity index is 792. The van der Waals surface area contributed by atoms with Gasteiger partial charge in [0, 0.05) is 25.2 Å². The lowest BCUT2D eigenvalue weighted by Crippen LogP contribution is -2.59. The quantitative estimate of drug-likeness (QED) is 0.893. The van der Waals surface area contributed by atoms with Crippen LogP contribution in [0.1, 0.15) is 22.3 Å². The molecule has 26 heavy (non-hydrogen) atoms. The van der Waals surface area contributed by atoms with Gasteiger partial charge in [-0.05, 0) is 17.7 Å². The number of nitrogens with zero attached hydrogens (tertiary/aromatic N) is 2. The molecule has 1 heterocycles. The summed E-state index contributed by atoms with van der Waals surface area (Å²) in [6, 6.07) is 17.2. The summed E-state index contributed by atoms with van der Waals surface area (Å²) in [5.74, 6) is -1.74. The summed E-state index contributed by atoms with van der Waals surface area (Å²) >= 11 is 0. The lowest BCUT2D eigenvalue weighted by molar-refractivity contribution is -0.148. The molecular formula is C20H20N2O4. The largest absolute Gasteiger partial charge is 0.481 e. The van der Waals surface area contributed by atoms with Crippen LogP contribution in [0.4, 0.5) is 0 Å². The molecule has 6 heteroatoms. The van der Waals surface area contributed by atoms with E-state index >= 15 is 0 Å². The van der Waals surface area contributed by atoms with Crippen LogP contribution in [0.25, 0.3) is 0 Å². The Labute approximate surface area is 151 Å². The van der Waals surface area contributed by atoms with Gasteiger partial charge in [-0.1, -0.05) is 48.5 Å². The minimum absolute atomic E-state index is 0.310. The summed E-state index contributed by atoms with van der Waals surface area (Å²) in [5, 5.41) is 9.22. The maximum absolute atomic E-state index is 12.9. The maximum atomic E-state index is 12.9. The van der Waals surface area contributed by atoms with Crippen molar-refractivity contribution in [2.45, 2.75) is 19.0 Å². The van der Waals surface area contributed by atoms with Crippen LogP contribution in [0.15, 0.2) is 60.7 Å². The number of rotatable bonds is 5. The molecule has 0 aliphatic carbocycles. The topological polar surface area (TPSA) is 77.9 Å². The van der Waals surface area contributed by atoms with Gasteiger partial charge in [-0.25, -0.2) is 0 Å². The van der Waals surface area contributed by atoms with Crippen molar-refractivity contribution in [3.8, 4) is 0 Å². The summed E-state index contributed by atoms with van der Waals surface area (Å²) in [6.45, 7) is 1.09. The van der Waals surface area contributed by atoms with Gasteiger partial charge in [-0.3, -0.25) is 14.4 Å². The van der Waals surface area contributed by atoms with Crippen molar-refractivity contribution in [3.63, 3.8) is 0 Å². The SMILES string of the molecule is O=C(O)CC1C(=O)N(Cc2ccccc2)CCN1C(=O)c1ccccc1. The van der Waals surface area contributed by atoms with Crippen molar-refractivity contribution in [3.05, 3.63) is 71.8 Å². The third kappa shape index (κ3) is 3.91. The second-order valence-corrected chi connectivity index (χ2v) is 6.22. The van der Waals surface area contributed by atoms with E-state index in [1.807, 2.05) is 30.3 Å². The van der Waals surface area contributed by atoms with E-state index in [0.717, 1.165) is 5.56 Å². The molecule has 1 aliphatic rings. The van der Waals surface area contributed by atoms with Gasteiger partial charge in [0.15, 0.2) is 0 Å². The fourth-order valence-electron chi connectivity index (χ4n) is 3.15. The molecule has 1 atom stereocenters. The minimum atomic E-state index is -1.10.